The first-order valence-electron chi connectivity index (χ1n) is 9.32. The number of hydrogen-bond donors (Lipinski definition) is 2. The van der Waals surface area contributed by atoms with Crippen LogP contribution in [0.2, 0.25) is 0 Å². The van der Waals surface area contributed by atoms with Crippen molar-refractivity contribution in [1.82, 2.24) is 0 Å². The van der Waals surface area contributed by atoms with Crippen LogP contribution < -0.4 is 11.1 Å². The van der Waals surface area contributed by atoms with Gasteiger partial charge in [-0.3, -0.25) is 0 Å². The third-order valence-electron chi connectivity index (χ3n) is 5.28. The summed E-state index contributed by atoms with van der Waals surface area (Å²) in [6.07, 6.45) is 3.35. The largest absolute Gasteiger partial charge is 0.358 e. The molecule has 132 valence electrons. The summed E-state index contributed by atoms with van der Waals surface area (Å²) in [5.41, 5.74) is 15.6. The Morgan fingerprint density at radius 2 is 1.84 bits per heavy atom. The van der Waals surface area contributed by atoms with E-state index in [1.165, 1.54) is 45.6 Å². The molecule has 2 unspecified atom stereocenters. The lowest BCUT2D eigenvalue weighted by Crippen LogP contribution is -2.21. The van der Waals surface area contributed by atoms with Crippen molar-refractivity contribution >= 4 is 5.69 Å². The molecule has 2 aromatic rings. The maximum absolute atomic E-state index is 6.29. The van der Waals surface area contributed by atoms with E-state index in [1.807, 2.05) is 0 Å². The summed E-state index contributed by atoms with van der Waals surface area (Å²) in [6.45, 7) is 8.58. The molecule has 2 heteroatoms. The van der Waals surface area contributed by atoms with Crippen molar-refractivity contribution in [2.24, 2.45) is 11.7 Å². The molecule has 0 aromatic heterocycles. The van der Waals surface area contributed by atoms with Crippen LogP contribution in [0.25, 0.3) is 0 Å². The van der Waals surface area contributed by atoms with Gasteiger partial charge < -0.3 is 11.1 Å². The van der Waals surface area contributed by atoms with Crippen LogP contribution in [0.3, 0.4) is 0 Å². The molecule has 25 heavy (non-hydrogen) atoms. The van der Waals surface area contributed by atoms with Crippen molar-refractivity contribution < 1.29 is 0 Å². The molecular formula is C23H30N2. The molecule has 1 aliphatic carbocycles. The number of anilines is 1. The minimum Gasteiger partial charge on any atom is -0.358 e. The van der Waals surface area contributed by atoms with Gasteiger partial charge in [0.05, 0.1) is 0 Å². The third-order valence-corrected chi connectivity index (χ3v) is 5.28. The van der Waals surface area contributed by atoms with E-state index in [9.17, 15) is 0 Å². The van der Waals surface area contributed by atoms with Crippen LogP contribution >= 0.6 is 0 Å². The van der Waals surface area contributed by atoms with Gasteiger partial charge in [-0.1, -0.05) is 47.5 Å². The predicted octanol–water partition coefficient (Wildman–Crippen LogP) is 5.28. The van der Waals surface area contributed by atoms with Gasteiger partial charge in [0, 0.05) is 23.3 Å². The smallest absolute Gasteiger partial charge is 0.0411 e. The molecule has 0 heterocycles. The summed E-state index contributed by atoms with van der Waals surface area (Å²) in [5, 5.41) is 3.75. The Balaban J connectivity index is 1.88. The van der Waals surface area contributed by atoms with E-state index < -0.39 is 0 Å². The first-order valence-corrected chi connectivity index (χ1v) is 9.32. The summed E-state index contributed by atoms with van der Waals surface area (Å²) in [4.78, 5) is 0. The summed E-state index contributed by atoms with van der Waals surface area (Å²) in [6, 6.07) is 15.6. The molecule has 2 atom stereocenters. The van der Waals surface area contributed by atoms with Crippen molar-refractivity contribution in [2.75, 3.05) is 5.32 Å². The highest BCUT2D eigenvalue weighted by molar-refractivity contribution is 5.57. The number of rotatable bonds is 5. The van der Waals surface area contributed by atoms with E-state index in [0.717, 1.165) is 12.8 Å². The van der Waals surface area contributed by atoms with Crippen LogP contribution in [-0.4, -0.2) is 6.04 Å². The molecule has 3 rings (SSSR count). The molecule has 2 aromatic carbocycles. The topological polar surface area (TPSA) is 38.0 Å². The second-order valence-electron chi connectivity index (χ2n) is 7.60. The Morgan fingerprint density at radius 3 is 2.52 bits per heavy atom. The SMILES string of the molecule is Cc1cccc(CC2CCC(C(C)N)=C2Nc2ccc(C)cc2C)c1. The molecule has 0 amide bonds. The number of nitrogens with one attached hydrogen (secondary N) is 1. The molecule has 0 radical (unpaired) electrons. The second-order valence-corrected chi connectivity index (χ2v) is 7.60. The minimum atomic E-state index is 0.107. The molecule has 0 spiro atoms. The minimum absolute atomic E-state index is 0.107. The van der Waals surface area contributed by atoms with Crippen molar-refractivity contribution in [3.63, 3.8) is 0 Å². The number of hydrogen-bond acceptors (Lipinski definition) is 2. The predicted molar refractivity (Wildman–Crippen MR) is 108 cm³/mol. The summed E-state index contributed by atoms with van der Waals surface area (Å²) >= 11 is 0. The van der Waals surface area contributed by atoms with Gasteiger partial charge in [-0.2, -0.15) is 0 Å². The summed E-state index contributed by atoms with van der Waals surface area (Å²) < 4.78 is 0. The molecule has 0 fully saturated rings. The average Bonchev–Trinajstić information content (AvgIpc) is 2.93. The molecule has 0 bridgehead atoms. The molecule has 0 saturated heterocycles. The lowest BCUT2D eigenvalue weighted by molar-refractivity contribution is 0.602. The van der Waals surface area contributed by atoms with E-state index in [0.29, 0.717) is 5.92 Å². The highest BCUT2D eigenvalue weighted by Gasteiger charge is 2.27. The van der Waals surface area contributed by atoms with Gasteiger partial charge in [0.15, 0.2) is 0 Å². The normalized spacial score (nSPS) is 18.5. The van der Waals surface area contributed by atoms with E-state index in [-0.39, 0.29) is 6.04 Å². The molecule has 0 aliphatic heterocycles. The van der Waals surface area contributed by atoms with Crippen LogP contribution in [-0.2, 0) is 6.42 Å². The van der Waals surface area contributed by atoms with Crippen molar-refractivity contribution in [2.45, 2.75) is 53.0 Å². The van der Waals surface area contributed by atoms with Crippen LogP contribution in [0.15, 0.2) is 53.7 Å². The second kappa shape index (κ2) is 7.45. The van der Waals surface area contributed by atoms with E-state index >= 15 is 0 Å². The molecule has 0 saturated carbocycles. The Morgan fingerprint density at radius 1 is 1.08 bits per heavy atom. The molecule has 1 aliphatic rings. The van der Waals surface area contributed by atoms with E-state index in [2.05, 4.69) is 75.5 Å². The van der Waals surface area contributed by atoms with Gasteiger partial charge in [-0.05, 0) is 69.7 Å². The van der Waals surface area contributed by atoms with E-state index in [4.69, 9.17) is 5.73 Å². The van der Waals surface area contributed by atoms with Gasteiger partial charge in [-0.25, -0.2) is 0 Å². The molecular weight excluding hydrogens is 304 g/mol. The Labute approximate surface area is 152 Å². The highest BCUT2D eigenvalue weighted by Crippen LogP contribution is 2.37. The summed E-state index contributed by atoms with van der Waals surface area (Å²) in [5.74, 6) is 0.517. The number of aryl methyl sites for hydroxylation is 3. The van der Waals surface area contributed by atoms with Crippen LogP contribution in [0, 0.1) is 26.7 Å². The van der Waals surface area contributed by atoms with Gasteiger partial charge >= 0.3 is 0 Å². The number of nitrogens with two attached hydrogens (primary N) is 1. The van der Waals surface area contributed by atoms with Gasteiger partial charge in [0.2, 0.25) is 0 Å². The third kappa shape index (κ3) is 4.13. The zero-order valence-corrected chi connectivity index (χ0v) is 15.9. The highest BCUT2D eigenvalue weighted by atomic mass is 14.9. The van der Waals surface area contributed by atoms with Crippen LogP contribution in [0.4, 0.5) is 5.69 Å². The van der Waals surface area contributed by atoms with Crippen LogP contribution in [0.1, 0.15) is 42.0 Å². The van der Waals surface area contributed by atoms with Crippen LogP contribution in [0.5, 0.6) is 0 Å². The lowest BCUT2D eigenvalue weighted by atomic mass is 9.95. The number of allylic oxidation sites excluding steroid dienone is 1. The fourth-order valence-electron chi connectivity index (χ4n) is 3.95. The van der Waals surface area contributed by atoms with Gasteiger partial charge in [0.25, 0.3) is 0 Å². The van der Waals surface area contributed by atoms with Gasteiger partial charge in [0.1, 0.15) is 0 Å². The lowest BCUT2D eigenvalue weighted by Gasteiger charge is -2.21. The van der Waals surface area contributed by atoms with Crippen molar-refractivity contribution in [1.29, 1.82) is 0 Å². The fraction of sp³-hybridized carbons (Fsp3) is 0.391. The molecule has 3 N–H and O–H groups in total. The Hall–Kier alpha value is -2.06. The maximum atomic E-state index is 6.29. The van der Waals surface area contributed by atoms with E-state index in [1.54, 1.807) is 0 Å². The molecule has 2 nitrogen and oxygen atoms in total. The first kappa shape index (κ1) is 17.8. The van der Waals surface area contributed by atoms with Crippen molar-refractivity contribution in [3.05, 3.63) is 76.0 Å². The Kier molecular flexibility index (Phi) is 5.29. The maximum Gasteiger partial charge on any atom is 0.0411 e. The number of benzene rings is 2. The van der Waals surface area contributed by atoms with Gasteiger partial charge in [-0.15, -0.1) is 0 Å². The zero-order valence-electron chi connectivity index (χ0n) is 15.9. The fourth-order valence-corrected chi connectivity index (χ4v) is 3.95. The summed E-state index contributed by atoms with van der Waals surface area (Å²) in [7, 11) is 0. The zero-order chi connectivity index (χ0) is 18.0. The standard InChI is InChI=1S/C23H30N2/c1-15-6-5-7-19(13-15)14-20-9-10-21(18(4)24)23(20)25-22-11-8-16(2)12-17(22)3/h5-8,11-13,18,20,25H,9-10,14,24H2,1-4H3. The quantitative estimate of drug-likeness (QED) is 0.781. The monoisotopic (exact) mass is 334 g/mol. The average molecular weight is 335 g/mol. The van der Waals surface area contributed by atoms with Crippen molar-refractivity contribution in [3.8, 4) is 0 Å². The first-order chi connectivity index (χ1) is 11.9. The Bertz CT molecular complexity index is 786.